The van der Waals surface area contributed by atoms with Crippen molar-refractivity contribution in [3.63, 3.8) is 0 Å². The highest BCUT2D eigenvalue weighted by molar-refractivity contribution is 14.1. The normalized spacial score (nSPS) is 18.2. The van der Waals surface area contributed by atoms with Crippen molar-refractivity contribution in [2.24, 2.45) is 5.92 Å². The van der Waals surface area contributed by atoms with Crippen molar-refractivity contribution in [3.8, 4) is 5.75 Å². The summed E-state index contributed by atoms with van der Waals surface area (Å²) in [5.74, 6) is 0.889. The summed E-state index contributed by atoms with van der Waals surface area (Å²) in [6.07, 6.45) is 7.51. The average Bonchev–Trinajstić information content (AvgIpc) is 3.07. The lowest BCUT2D eigenvalue weighted by molar-refractivity contribution is -0.384. The summed E-state index contributed by atoms with van der Waals surface area (Å²) in [5.41, 5.74) is 1.69. The number of halogens is 1. The highest BCUT2D eigenvalue weighted by Crippen LogP contribution is 2.35. The van der Waals surface area contributed by atoms with Crippen molar-refractivity contribution in [3.05, 3.63) is 72.2 Å². The number of rotatable bonds is 7. The van der Waals surface area contributed by atoms with Crippen LogP contribution in [0, 0.1) is 19.6 Å². The van der Waals surface area contributed by atoms with Crippen LogP contribution in [0.15, 0.2) is 47.4 Å². The lowest BCUT2D eigenvalue weighted by atomic mass is 9.89. The maximum absolute atomic E-state index is 12.8. The van der Waals surface area contributed by atoms with Gasteiger partial charge in [-0.1, -0.05) is 25.3 Å². The van der Waals surface area contributed by atoms with Crippen molar-refractivity contribution >= 4 is 57.3 Å². The Morgan fingerprint density at radius 1 is 1.12 bits per heavy atom. The number of hydrogen-bond acceptors (Lipinski definition) is 6. The first kappa shape index (κ1) is 23.7. The van der Waals surface area contributed by atoms with Gasteiger partial charge in [-0.15, -0.1) is 0 Å². The molecule has 0 spiro atoms. The van der Waals surface area contributed by atoms with Crippen molar-refractivity contribution in [2.75, 3.05) is 6.54 Å². The van der Waals surface area contributed by atoms with Gasteiger partial charge in [-0.25, -0.2) is 0 Å². The van der Waals surface area contributed by atoms with Crippen LogP contribution in [-0.4, -0.2) is 27.5 Å². The molecule has 33 heavy (non-hydrogen) atoms. The van der Waals surface area contributed by atoms with Crippen LogP contribution >= 0.6 is 34.4 Å². The number of non-ortho nitro benzene ring substituents is 1. The minimum absolute atomic E-state index is 0.0424. The molecule has 1 saturated carbocycles. The smallest absolute Gasteiger partial charge is 0.293 e. The number of thioether (sulfide) groups is 1. The zero-order valence-electron chi connectivity index (χ0n) is 17.9. The number of imide groups is 1. The zero-order valence-corrected chi connectivity index (χ0v) is 20.8. The lowest BCUT2D eigenvalue weighted by Crippen LogP contribution is -2.34. The first-order chi connectivity index (χ1) is 15.9. The average molecular weight is 578 g/mol. The molecule has 9 heteroatoms. The van der Waals surface area contributed by atoms with Gasteiger partial charge in [0.1, 0.15) is 12.4 Å². The first-order valence-corrected chi connectivity index (χ1v) is 12.7. The maximum atomic E-state index is 12.8. The molecule has 2 amide bonds. The van der Waals surface area contributed by atoms with E-state index in [4.69, 9.17) is 4.74 Å². The Hall–Kier alpha value is -2.40. The number of amides is 2. The largest absolute Gasteiger partial charge is 0.488 e. The maximum Gasteiger partial charge on any atom is 0.293 e. The topological polar surface area (TPSA) is 89.7 Å². The van der Waals surface area contributed by atoms with Gasteiger partial charge in [-0.2, -0.15) is 0 Å². The van der Waals surface area contributed by atoms with Crippen LogP contribution in [0.2, 0.25) is 0 Å². The van der Waals surface area contributed by atoms with Gasteiger partial charge >= 0.3 is 0 Å². The molecular weight excluding hydrogens is 555 g/mol. The van der Waals surface area contributed by atoms with Gasteiger partial charge in [-0.3, -0.25) is 24.6 Å². The van der Waals surface area contributed by atoms with E-state index in [-0.39, 0.29) is 23.4 Å². The van der Waals surface area contributed by atoms with E-state index in [1.807, 2.05) is 18.2 Å². The number of hydrogen-bond donors (Lipinski definition) is 0. The molecule has 172 valence electrons. The van der Waals surface area contributed by atoms with Gasteiger partial charge in [0.05, 0.1) is 13.4 Å². The van der Waals surface area contributed by atoms with E-state index in [9.17, 15) is 19.7 Å². The van der Waals surface area contributed by atoms with Crippen LogP contribution in [0.5, 0.6) is 5.75 Å². The number of ether oxygens (including phenoxy) is 1. The van der Waals surface area contributed by atoms with Crippen LogP contribution in [-0.2, 0) is 11.4 Å². The second-order valence-corrected chi connectivity index (χ2v) is 10.4. The van der Waals surface area contributed by atoms with Crippen LogP contribution in [0.3, 0.4) is 0 Å². The molecule has 0 aromatic heterocycles. The number of nitro benzene ring substituents is 1. The summed E-state index contributed by atoms with van der Waals surface area (Å²) < 4.78 is 6.72. The summed E-state index contributed by atoms with van der Waals surface area (Å²) in [4.78, 5) is 37.4. The molecule has 0 radical (unpaired) electrons. The molecule has 1 aliphatic carbocycles. The molecule has 1 heterocycles. The van der Waals surface area contributed by atoms with Crippen LogP contribution in [0.25, 0.3) is 6.08 Å². The Labute approximate surface area is 209 Å². The Morgan fingerprint density at radius 2 is 1.85 bits per heavy atom. The molecule has 7 nitrogen and oxygen atoms in total. The highest BCUT2D eigenvalue weighted by atomic mass is 127. The predicted molar refractivity (Wildman–Crippen MR) is 136 cm³/mol. The van der Waals surface area contributed by atoms with Crippen molar-refractivity contribution < 1.29 is 19.2 Å². The van der Waals surface area contributed by atoms with Gasteiger partial charge in [0.2, 0.25) is 0 Å². The molecule has 2 aromatic carbocycles. The summed E-state index contributed by atoms with van der Waals surface area (Å²) in [6.45, 7) is 0.808. The van der Waals surface area contributed by atoms with Crippen molar-refractivity contribution in [1.29, 1.82) is 0 Å². The van der Waals surface area contributed by atoms with Crippen molar-refractivity contribution in [1.82, 2.24) is 4.90 Å². The molecule has 2 fully saturated rings. The first-order valence-electron chi connectivity index (χ1n) is 10.8. The third kappa shape index (κ3) is 5.94. The van der Waals surface area contributed by atoms with E-state index in [1.54, 1.807) is 18.2 Å². The minimum Gasteiger partial charge on any atom is -0.488 e. The minimum atomic E-state index is -0.434. The molecule has 4 rings (SSSR count). The zero-order chi connectivity index (χ0) is 23.4. The summed E-state index contributed by atoms with van der Waals surface area (Å²) in [5, 5.41) is 10.6. The number of carbonyl (C=O) groups excluding carboxylic acids is 2. The van der Waals surface area contributed by atoms with E-state index in [2.05, 4.69) is 22.6 Å². The summed E-state index contributed by atoms with van der Waals surface area (Å²) in [7, 11) is 0. The predicted octanol–water partition coefficient (Wildman–Crippen LogP) is 6.40. The van der Waals surface area contributed by atoms with Crippen LogP contribution in [0.4, 0.5) is 10.5 Å². The number of nitro groups is 1. The molecular formula is C24H23IN2O5S. The molecule has 0 N–H and O–H groups in total. The number of nitrogens with zero attached hydrogens (tertiary/aromatic N) is 2. The monoisotopic (exact) mass is 578 g/mol. The molecule has 0 unspecified atom stereocenters. The fourth-order valence-electron chi connectivity index (χ4n) is 4.04. The Balaban J connectivity index is 1.39. The molecule has 1 saturated heterocycles. The molecule has 2 aromatic rings. The Morgan fingerprint density at radius 3 is 2.52 bits per heavy atom. The summed E-state index contributed by atoms with van der Waals surface area (Å²) in [6, 6.07) is 11.8. The van der Waals surface area contributed by atoms with Crippen LogP contribution < -0.4 is 4.74 Å². The van der Waals surface area contributed by atoms with E-state index < -0.39 is 4.92 Å². The fraction of sp³-hybridized carbons (Fsp3) is 0.333. The lowest BCUT2D eigenvalue weighted by Gasteiger charge is -2.25. The molecule has 1 aliphatic heterocycles. The number of carbonyl (C=O) groups is 2. The van der Waals surface area contributed by atoms with Gasteiger partial charge in [0, 0.05) is 18.7 Å². The van der Waals surface area contributed by atoms with Gasteiger partial charge < -0.3 is 4.74 Å². The SMILES string of the molecule is O=C1S/C(=C/c2ccc(OCc3ccc([N+](=O)[O-])cc3)c(I)c2)C(=O)N1CC1CCCCC1. The molecule has 0 bridgehead atoms. The standard InChI is InChI=1S/C24H23IN2O5S/c25-20-12-18(8-11-21(20)32-15-17-6-9-19(10-7-17)27(30)31)13-22-23(28)26(24(29)33-22)14-16-4-2-1-3-5-16/h6-13,16H,1-5,14-15H2/b22-13+. The fourth-order valence-corrected chi connectivity index (χ4v) is 5.58. The van der Waals surface area contributed by atoms with Gasteiger partial charge in [-0.05, 0) is 94.6 Å². The van der Waals surface area contributed by atoms with Crippen LogP contribution in [0.1, 0.15) is 43.2 Å². The van der Waals surface area contributed by atoms with Gasteiger partial charge in [0.25, 0.3) is 16.8 Å². The van der Waals surface area contributed by atoms with Gasteiger partial charge in [0.15, 0.2) is 0 Å². The van der Waals surface area contributed by atoms with Crippen molar-refractivity contribution in [2.45, 2.75) is 38.7 Å². The third-order valence-corrected chi connectivity index (χ3v) is 7.58. The van der Waals surface area contributed by atoms with E-state index in [1.165, 1.54) is 36.3 Å². The molecule has 2 aliphatic rings. The Kier molecular flexibility index (Phi) is 7.69. The molecule has 0 atom stereocenters. The second kappa shape index (κ2) is 10.7. The number of benzene rings is 2. The van der Waals surface area contributed by atoms with E-state index in [0.717, 1.165) is 39.3 Å². The van der Waals surface area contributed by atoms with E-state index in [0.29, 0.717) is 23.1 Å². The third-order valence-electron chi connectivity index (χ3n) is 5.83. The highest BCUT2D eigenvalue weighted by Gasteiger charge is 2.36. The quantitative estimate of drug-likeness (QED) is 0.164. The van der Waals surface area contributed by atoms with E-state index >= 15 is 0 Å². The second-order valence-electron chi connectivity index (χ2n) is 8.20. The Bertz CT molecular complexity index is 1100. The summed E-state index contributed by atoms with van der Waals surface area (Å²) >= 11 is 3.17.